The molecular weight excluding hydrogens is 426 g/mol. The smallest absolute Gasteiger partial charge is 0.228 e. The van der Waals surface area contributed by atoms with Gasteiger partial charge in [0.1, 0.15) is 0 Å². The fraction of sp³-hybridized carbons (Fsp3) is 0.647. The van der Waals surface area contributed by atoms with Crippen molar-refractivity contribution in [3.63, 3.8) is 0 Å². The monoisotopic (exact) mass is 455 g/mol. The number of anilines is 3. The largest absolute Gasteiger partial charge is 0.354 e. The van der Waals surface area contributed by atoms with E-state index in [1.165, 1.54) is 0 Å². The van der Waals surface area contributed by atoms with E-state index in [9.17, 15) is 0 Å². The Morgan fingerprint density at radius 2 is 0.897 bits per heavy atom. The maximum absolute atomic E-state index is 4.47. The standard InChI is InChI=1S/C17H29N9S3/c1-5-9-18-12-21-13(23-15(22-12)27-6-2)19-10-11-20-14-24-16(28-7-3)26-17(25-14)29-8-4/h5-11H2,1-4H3,(H,20,24,25,26)(H2,18,19,21,22,23). The van der Waals surface area contributed by atoms with Crippen LogP contribution in [0.3, 0.4) is 0 Å². The molecule has 2 aromatic rings. The summed E-state index contributed by atoms with van der Waals surface area (Å²) in [5.41, 5.74) is 0. The summed E-state index contributed by atoms with van der Waals surface area (Å²) in [6, 6.07) is 0. The molecule has 0 aromatic carbocycles. The molecule has 2 aromatic heterocycles. The maximum Gasteiger partial charge on any atom is 0.228 e. The van der Waals surface area contributed by atoms with Crippen LogP contribution in [0.4, 0.5) is 17.8 Å². The highest BCUT2D eigenvalue weighted by Crippen LogP contribution is 2.20. The van der Waals surface area contributed by atoms with E-state index < -0.39 is 0 Å². The molecule has 0 radical (unpaired) electrons. The van der Waals surface area contributed by atoms with E-state index in [0.717, 1.165) is 45.7 Å². The summed E-state index contributed by atoms with van der Waals surface area (Å²) in [5, 5.41) is 11.9. The Hall–Kier alpha value is -1.53. The fourth-order valence-electron chi connectivity index (χ4n) is 2.10. The van der Waals surface area contributed by atoms with Gasteiger partial charge in [0.05, 0.1) is 0 Å². The predicted molar refractivity (Wildman–Crippen MR) is 125 cm³/mol. The van der Waals surface area contributed by atoms with E-state index in [1.54, 1.807) is 35.3 Å². The SMILES string of the molecule is CCCNc1nc(NCCNc2nc(SCC)nc(SCC)n2)nc(SCC)n1. The van der Waals surface area contributed by atoms with Crippen molar-refractivity contribution >= 4 is 53.1 Å². The van der Waals surface area contributed by atoms with Crippen molar-refractivity contribution in [3.05, 3.63) is 0 Å². The summed E-state index contributed by atoms with van der Waals surface area (Å²) in [6.45, 7) is 10.5. The molecule has 0 amide bonds. The minimum atomic E-state index is 0.566. The van der Waals surface area contributed by atoms with E-state index in [4.69, 9.17) is 0 Å². The third-order valence-corrected chi connectivity index (χ3v) is 5.44. The number of hydrogen-bond donors (Lipinski definition) is 3. The predicted octanol–water partition coefficient (Wildman–Crippen LogP) is 3.74. The molecule has 0 unspecified atom stereocenters. The molecule has 0 aliphatic heterocycles. The van der Waals surface area contributed by atoms with Gasteiger partial charge in [0.25, 0.3) is 0 Å². The molecule has 0 fully saturated rings. The Labute approximate surface area is 185 Å². The van der Waals surface area contributed by atoms with Crippen LogP contribution < -0.4 is 16.0 Å². The Balaban J connectivity index is 1.94. The molecule has 3 N–H and O–H groups in total. The number of nitrogens with zero attached hydrogens (tertiary/aromatic N) is 6. The lowest BCUT2D eigenvalue weighted by Gasteiger charge is -2.10. The molecule has 0 atom stereocenters. The first-order valence-electron chi connectivity index (χ1n) is 9.80. The minimum Gasteiger partial charge on any atom is -0.354 e. The van der Waals surface area contributed by atoms with Crippen LogP contribution in [0.1, 0.15) is 34.1 Å². The molecule has 160 valence electrons. The van der Waals surface area contributed by atoms with Gasteiger partial charge < -0.3 is 16.0 Å². The van der Waals surface area contributed by atoms with E-state index >= 15 is 0 Å². The maximum atomic E-state index is 4.47. The number of thioether (sulfide) groups is 3. The summed E-state index contributed by atoms with van der Waals surface area (Å²) in [4.78, 5) is 26.7. The topological polar surface area (TPSA) is 113 Å². The minimum absolute atomic E-state index is 0.566. The van der Waals surface area contributed by atoms with Crippen LogP contribution in [0.25, 0.3) is 0 Å². The molecule has 29 heavy (non-hydrogen) atoms. The molecule has 12 heteroatoms. The Bertz CT molecular complexity index is 724. The average Bonchev–Trinajstić information content (AvgIpc) is 2.70. The third kappa shape index (κ3) is 8.79. The second-order valence-corrected chi connectivity index (χ2v) is 9.26. The third-order valence-electron chi connectivity index (χ3n) is 3.25. The van der Waals surface area contributed by atoms with Crippen molar-refractivity contribution in [1.82, 2.24) is 29.9 Å². The molecule has 0 saturated heterocycles. The van der Waals surface area contributed by atoms with Gasteiger partial charge in [-0.05, 0) is 23.7 Å². The quantitative estimate of drug-likeness (QED) is 0.285. The molecule has 2 heterocycles. The van der Waals surface area contributed by atoms with Gasteiger partial charge in [0.15, 0.2) is 15.5 Å². The zero-order chi connectivity index (χ0) is 20.9. The highest BCUT2D eigenvalue weighted by molar-refractivity contribution is 7.99. The van der Waals surface area contributed by atoms with Crippen molar-refractivity contribution in [1.29, 1.82) is 0 Å². The molecular formula is C17H29N9S3. The Kier molecular flexibility index (Phi) is 11.2. The van der Waals surface area contributed by atoms with Crippen LogP contribution in [0.15, 0.2) is 15.5 Å². The second kappa shape index (κ2) is 13.6. The highest BCUT2D eigenvalue weighted by atomic mass is 32.2. The fourth-order valence-corrected chi connectivity index (χ4v) is 3.84. The van der Waals surface area contributed by atoms with Crippen LogP contribution in [-0.4, -0.2) is 66.8 Å². The van der Waals surface area contributed by atoms with Crippen molar-refractivity contribution in [2.45, 2.75) is 49.6 Å². The van der Waals surface area contributed by atoms with Crippen LogP contribution >= 0.6 is 35.3 Å². The summed E-state index contributed by atoms with van der Waals surface area (Å²) in [5.74, 6) is 4.52. The van der Waals surface area contributed by atoms with Gasteiger partial charge in [0, 0.05) is 19.6 Å². The summed E-state index contributed by atoms with van der Waals surface area (Å²) >= 11 is 4.82. The van der Waals surface area contributed by atoms with Gasteiger partial charge >= 0.3 is 0 Å². The molecule has 2 rings (SSSR count). The van der Waals surface area contributed by atoms with Gasteiger partial charge in [-0.2, -0.15) is 29.9 Å². The van der Waals surface area contributed by atoms with Crippen LogP contribution in [0.2, 0.25) is 0 Å². The first-order chi connectivity index (χ1) is 14.2. The lowest BCUT2D eigenvalue weighted by atomic mass is 10.5. The van der Waals surface area contributed by atoms with E-state index in [0.29, 0.717) is 30.9 Å². The Morgan fingerprint density at radius 3 is 1.31 bits per heavy atom. The van der Waals surface area contributed by atoms with Crippen molar-refractivity contribution < 1.29 is 0 Å². The zero-order valence-electron chi connectivity index (χ0n) is 17.4. The van der Waals surface area contributed by atoms with E-state index in [2.05, 4.69) is 73.5 Å². The second-order valence-electron chi connectivity index (χ2n) is 5.57. The van der Waals surface area contributed by atoms with Crippen LogP contribution in [0.5, 0.6) is 0 Å². The van der Waals surface area contributed by atoms with Gasteiger partial charge in [0.2, 0.25) is 17.8 Å². The van der Waals surface area contributed by atoms with Crippen LogP contribution in [0, 0.1) is 0 Å². The van der Waals surface area contributed by atoms with E-state index in [1.807, 2.05) is 0 Å². The summed E-state index contributed by atoms with van der Waals surface area (Å²) in [7, 11) is 0. The molecule has 0 aliphatic rings. The lowest BCUT2D eigenvalue weighted by Crippen LogP contribution is -2.18. The summed E-state index contributed by atoms with van der Waals surface area (Å²) < 4.78 is 0. The van der Waals surface area contributed by atoms with Gasteiger partial charge in [-0.1, -0.05) is 63.0 Å². The lowest BCUT2D eigenvalue weighted by molar-refractivity contribution is 0.800. The number of hydrogen-bond acceptors (Lipinski definition) is 12. The molecule has 0 aliphatic carbocycles. The first-order valence-corrected chi connectivity index (χ1v) is 12.8. The Morgan fingerprint density at radius 1 is 0.517 bits per heavy atom. The van der Waals surface area contributed by atoms with Crippen molar-refractivity contribution in [2.75, 3.05) is 52.8 Å². The van der Waals surface area contributed by atoms with Gasteiger partial charge in [-0.3, -0.25) is 0 Å². The zero-order valence-corrected chi connectivity index (χ0v) is 19.8. The molecule has 0 saturated carbocycles. The van der Waals surface area contributed by atoms with Gasteiger partial charge in [-0.15, -0.1) is 0 Å². The first kappa shape index (κ1) is 23.7. The van der Waals surface area contributed by atoms with Gasteiger partial charge in [-0.25, -0.2) is 0 Å². The molecule has 0 spiro atoms. The van der Waals surface area contributed by atoms with E-state index in [-0.39, 0.29) is 0 Å². The summed E-state index contributed by atoms with van der Waals surface area (Å²) in [6.07, 6.45) is 1.01. The number of aromatic nitrogens is 6. The van der Waals surface area contributed by atoms with Crippen molar-refractivity contribution in [3.8, 4) is 0 Å². The number of nitrogens with one attached hydrogen (secondary N) is 3. The molecule has 9 nitrogen and oxygen atoms in total. The average molecular weight is 456 g/mol. The number of rotatable bonds is 14. The normalized spacial score (nSPS) is 10.8. The molecule has 0 bridgehead atoms. The highest BCUT2D eigenvalue weighted by Gasteiger charge is 2.08. The van der Waals surface area contributed by atoms with Crippen LogP contribution in [-0.2, 0) is 0 Å². The van der Waals surface area contributed by atoms with Crippen molar-refractivity contribution in [2.24, 2.45) is 0 Å².